The second-order valence-corrected chi connectivity index (χ2v) is 7.37. The van der Waals surface area contributed by atoms with Gasteiger partial charge in [0.15, 0.2) is 6.61 Å². The molecule has 0 atom stereocenters. The Morgan fingerprint density at radius 3 is 2.41 bits per heavy atom. The van der Waals surface area contributed by atoms with Crippen molar-refractivity contribution in [2.45, 2.75) is 31.6 Å². The van der Waals surface area contributed by atoms with E-state index in [1.807, 2.05) is 38.1 Å². The van der Waals surface area contributed by atoms with Gasteiger partial charge in [-0.15, -0.1) is 11.8 Å². The molecule has 0 spiro atoms. The SMILES string of the molecule is CC(=O)CSc1ccccc1C(=O)OCC(=O)Nc1ccccc1C(C)C. The lowest BCUT2D eigenvalue weighted by Gasteiger charge is -2.14. The molecule has 0 unspecified atom stereocenters. The third kappa shape index (κ3) is 6.25. The highest BCUT2D eigenvalue weighted by atomic mass is 32.2. The van der Waals surface area contributed by atoms with Crippen molar-refractivity contribution in [1.29, 1.82) is 0 Å². The van der Waals surface area contributed by atoms with Crippen molar-refractivity contribution in [2.24, 2.45) is 0 Å². The first kappa shape index (κ1) is 20.7. The van der Waals surface area contributed by atoms with E-state index in [1.165, 1.54) is 18.7 Å². The molecule has 27 heavy (non-hydrogen) atoms. The topological polar surface area (TPSA) is 72.5 Å². The molecule has 0 aliphatic rings. The van der Waals surface area contributed by atoms with Crippen LogP contribution in [0, 0.1) is 0 Å². The van der Waals surface area contributed by atoms with Gasteiger partial charge in [0.2, 0.25) is 0 Å². The summed E-state index contributed by atoms with van der Waals surface area (Å²) in [7, 11) is 0. The molecule has 1 amide bonds. The minimum atomic E-state index is -0.589. The molecule has 0 radical (unpaired) electrons. The van der Waals surface area contributed by atoms with E-state index >= 15 is 0 Å². The van der Waals surface area contributed by atoms with E-state index in [0.29, 0.717) is 16.1 Å². The second-order valence-electron chi connectivity index (χ2n) is 6.35. The molecule has 0 fully saturated rings. The van der Waals surface area contributed by atoms with Crippen LogP contribution in [0.15, 0.2) is 53.4 Å². The number of ether oxygens (including phenoxy) is 1. The van der Waals surface area contributed by atoms with E-state index < -0.39 is 11.9 Å². The number of carbonyl (C=O) groups excluding carboxylic acids is 3. The van der Waals surface area contributed by atoms with E-state index in [4.69, 9.17) is 4.74 Å². The van der Waals surface area contributed by atoms with Crippen molar-refractivity contribution >= 4 is 35.1 Å². The van der Waals surface area contributed by atoms with Crippen molar-refractivity contribution in [3.8, 4) is 0 Å². The summed E-state index contributed by atoms with van der Waals surface area (Å²) < 4.78 is 5.16. The van der Waals surface area contributed by atoms with E-state index in [9.17, 15) is 14.4 Å². The van der Waals surface area contributed by atoms with Gasteiger partial charge in [-0.25, -0.2) is 4.79 Å². The summed E-state index contributed by atoms with van der Waals surface area (Å²) in [6.07, 6.45) is 0. The van der Waals surface area contributed by atoms with E-state index in [2.05, 4.69) is 5.32 Å². The number of amides is 1. The molecule has 0 saturated carbocycles. The van der Waals surface area contributed by atoms with E-state index in [0.717, 1.165) is 5.56 Å². The third-order valence-electron chi connectivity index (χ3n) is 3.73. The van der Waals surface area contributed by atoms with Crippen LogP contribution in [-0.2, 0) is 14.3 Å². The number of nitrogens with one attached hydrogen (secondary N) is 1. The number of para-hydroxylation sites is 1. The van der Waals surface area contributed by atoms with Crippen LogP contribution in [0.1, 0.15) is 42.6 Å². The Morgan fingerprint density at radius 2 is 1.70 bits per heavy atom. The first-order valence-electron chi connectivity index (χ1n) is 8.65. The zero-order chi connectivity index (χ0) is 19.8. The van der Waals surface area contributed by atoms with E-state index in [-0.39, 0.29) is 24.1 Å². The predicted molar refractivity (Wildman–Crippen MR) is 107 cm³/mol. The highest BCUT2D eigenvalue weighted by Gasteiger charge is 2.16. The molecule has 142 valence electrons. The van der Waals surface area contributed by atoms with Crippen molar-refractivity contribution in [3.63, 3.8) is 0 Å². The fourth-order valence-electron chi connectivity index (χ4n) is 2.45. The molecular formula is C21H23NO4S. The highest BCUT2D eigenvalue weighted by molar-refractivity contribution is 8.00. The maximum absolute atomic E-state index is 12.3. The number of anilines is 1. The first-order valence-corrected chi connectivity index (χ1v) is 9.64. The molecule has 0 saturated heterocycles. The molecule has 5 nitrogen and oxygen atoms in total. The smallest absolute Gasteiger partial charge is 0.339 e. The van der Waals surface area contributed by atoms with Gasteiger partial charge < -0.3 is 10.1 Å². The average Bonchev–Trinajstić information content (AvgIpc) is 2.65. The summed E-state index contributed by atoms with van der Waals surface area (Å²) in [5.74, 6) is -0.434. The van der Waals surface area contributed by atoms with Gasteiger partial charge in [0.25, 0.3) is 5.91 Å². The number of ketones is 1. The largest absolute Gasteiger partial charge is 0.452 e. The van der Waals surface area contributed by atoms with Gasteiger partial charge in [-0.05, 0) is 36.6 Å². The molecule has 2 aromatic carbocycles. The molecule has 0 heterocycles. The van der Waals surface area contributed by atoms with Gasteiger partial charge in [-0.3, -0.25) is 9.59 Å². The lowest BCUT2D eigenvalue weighted by molar-refractivity contribution is -0.119. The Labute approximate surface area is 163 Å². The fraction of sp³-hybridized carbons (Fsp3) is 0.286. The molecule has 1 N–H and O–H groups in total. The zero-order valence-corrected chi connectivity index (χ0v) is 16.5. The highest BCUT2D eigenvalue weighted by Crippen LogP contribution is 2.24. The van der Waals surface area contributed by atoms with Crippen molar-refractivity contribution in [3.05, 3.63) is 59.7 Å². The maximum Gasteiger partial charge on any atom is 0.339 e. The van der Waals surface area contributed by atoms with Crippen LogP contribution in [0.3, 0.4) is 0 Å². The quantitative estimate of drug-likeness (QED) is 0.542. The van der Waals surface area contributed by atoms with Crippen LogP contribution >= 0.6 is 11.8 Å². The first-order chi connectivity index (χ1) is 12.9. The van der Waals surface area contributed by atoms with Gasteiger partial charge in [0.1, 0.15) is 5.78 Å². The summed E-state index contributed by atoms with van der Waals surface area (Å²) in [6.45, 7) is 5.20. The summed E-state index contributed by atoms with van der Waals surface area (Å²) in [6, 6.07) is 14.4. The van der Waals surface area contributed by atoms with Crippen LogP contribution in [0.4, 0.5) is 5.69 Å². The summed E-state index contributed by atoms with van der Waals surface area (Å²) in [5, 5.41) is 2.79. The molecule has 2 rings (SSSR count). The Kier molecular flexibility index (Phi) is 7.61. The van der Waals surface area contributed by atoms with Crippen molar-refractivity contribution < 1.29 is 19.1 Å². The minimum absolute atomic E-state index is 0.0198. The van der Waals surface area contributed by atoms with E-state index in [1.54, 1.807) is 24.3 Å². The zero-order valence-electron chi connectivity index (χ0n) is 15.7. The number of hydrogen-bond donors (Lipinski definition) is 1. The molecular weight excluding hydrogens is 362 g/mol. The molecule has 0 aliphatic carbocycles. The van der Waals surface area contributed by atoms with Crippen LogP contribution in [0.5, 0.6) is 0 Å². The Hall–Kier alpha value is -2.60. The number of benzene rings is 2. The van der Waals surface area contributed by atoms with Gasteiger partial charge in [0, 0.05) is 10.6 Å². The average molecular weight is 385 g/mol. The molecule has 6 heteroatoms. The van der Waals surface area contributed by atoms with Crippen LogP contribution in [0.25, 0.3) is 0 Å². The van der Waals surface area contributed by atoms with Gasteiger partial charge >= 0.3 is 5.97 Å². The summed E-state index contributed by atoms with van der Waals surface area (Å²) >= 11 is 1.27. The number of rotatable bonds is 8. The van der Waals surface area contributed by atoms with Gasteiger partial charge in [-0.2, -0.15) is 0 Å². The molecule has 0 bridgehead atoms. The fourth-order valence-corrected chi connectivity index (χ4v) is 3.29. The number of hydrogen-bond acceptors (Lipinski definition) is 5. The predicted octanol–water partition coefficient (Wildman–Crippen LogP) is 4.29. The maximum atomic E-state index is 12.3. The van der Waals surface area contributed by atoms with Crippen LogP contribution in [-0.4, -0.2) is 30.0 Å². The van der Waals surface area contributed by atoms with Crippen molar-refractivity contribution in [1.82, 2.24) is 0 Å². The second kappa shape index (κ2) is 9.92. The Bertz CT molecular complexity index is 832. The summed E-state index contributed by atoms with van der Waals surface area (Å²) in [5.41, 5.74) is 2.08. The summed E-state index contributed by atoms with van der Waals surface area (Å²) in [4.78, 5) is 36.4. The van der Waals surface area contributed by atoms with Gasteiger partial charge in [-0.1, -0.05) is 44.2 Å². The minimum Gasteiger partial charge on any atom is -0.452 e. The number of carbonyl (C=O) groups is 3. The number of Topliss-reactive ketones (excluding diaryl/α,β-unsaturated/α-hetero) is 1. The van der Waals surface area contributed by atoms with Crippen LogP contribution < -0.4 is 5.32 Å². The molecule has 2 aromatic rings. The Morgan fingerprint density at radius 1 is 1.04 bits per heavy atom. The van der Waals surface area contributed by atoms with Crippen molar-refractivity contribution in [2.75, 3.05) is 17.7 Å². The standard InChI is InChI=1S/C21H23NO4S/c1-14(2)16-8-4-6-10-18(16)22-20(24)12-26-21(25)17-9-5-7-11-19(17)27-13-15(3)23/h4-11,14H,12-13H2,1-3H3,(H,22,24). The monoisotopic (exact) mass is 385 g/mol. The Balaban J connectivity index is 1.98. The van der Waals surface area contributed by atoms with Crippen LogP contribution in [0.2, 0.25) is 0 Å². The number of esters is 1. The lowest BCUT2D eigenvalue weighted by atomic mass is 10.0. The number of thioether (sulfide) groups is 1. The van der Waals surface area contributed by atoms with Gasteiger partial charge in [0.05, 0.1) is 11.3 Å². The third-order valence-corrected chi connectivity index (χ3v) is 4.95. The molecule has 0 aromatic heterocycles. The normalized spacial score (nSPS) is 10.5. The molecule has 0 aliphatic heterocycles. The lowest BCUT2D eigenvalue weighted by Crippen LogP contribution is -2.22.